The third-order valence-electron chi connectivity index (χ3n) is 2.18. The molecule has 1 amide bonds. The smallest absolute Gasteiger partial charge is 0.254 e. The number of hydrogen-bond donors (Lipinski definition) is 3. The van der Waals surface area contributed by atoms with Crippen LogP contribution in [0.5, 0.6) is 0 Å². The van der Waals surface area contributed by atoms with E-state index in [1.807, 2.05) is 13.8 Å². The summed E-state index contributed by atoms with van der Waals surface area (Å²) >= 11 is 0. The summed E-state index contributed by atoms with van der Waals surface area (Å²) in [6.07, 6.45) is 0. The van der Waals surface area contributed by atoms with Crippen molar-refractivity contribution in [2.45, 2.75) is 26.3 Å². The van der Waals surface area contributed by atoms with Gasteiger partial charge in [0, 0.05) is 19.1 Å². The standard InChI is InChI=1S/C10H19N5O/c1-6-7(8(11)16)9(15(4)14-6)13-5-10(2,3)12/h13H,5,12H2,1-4H3,(H2,11,16). The van der Waals surface area contributed by atoms with Gasteiger partial charge >= 0.3 is 0 Å². The molecule has 0 radical (unpaired) electrons. The molecule has 90 valence electrons. The zero-order chi connectivity index (χ0) is 12.5. The minimum Gasteiger partial charge on any atom is -0.368 e. The third kappa shape index (κ3) is 2.73. The van der Waals surface area contributed by atoms with Gasteiger partial charge < -0.3 is 16.8 Å². The lowest BCUT2D eigenvalue weighted by Gasteiger charge is -2.20. The van der Waals surface area contributed by atoms with Crippen molar-refractivity contribution in [2.24, 2.45) is 18.5 Å². The molecular formula is C10H19N5O. The Kier molecular flexibility index (Phi) is 3.23. The van der Waals surface area contributed by atoms with Crippen molar-refractivity contribution in [3.63, 3.8) is 0 Å². The third-order valence-corrected chi connectivity index (χ3v) is 2.18. The molecule has 1 rings (SSSR count). The Labute approximate surface area is 95.0 Å². The molecule has 0 atom stereocenters. The minimum absolute atomic E-state index is 0.368. The minimum atomic E-state index is -0.483. The number of carbonyl (C=O) groups is 1. The summed E-state index contributed by atoms with van der Waals surface area (Å²) in [5.74, 6) is 0.131. The van der Waals surface area contributed by atoms with E-state index in [1.54, 1.807) is 18.7 Å². The molecule has 0 saturated carbocycles. The average Bonchev–Trinajstić information content (AvgIpc) is 2.35. The van der Waals surface area contributed by atoms with Crippen molar-refractivity contribution >= 4 is 11.7 Å². The maximum Gasteiger partial charge on any atom is 0.254 e. The van der Waals surface area contributed by atoms with E-state index >= 15 is 0 Å². The van der Waals surface area contributed by atoms with Gasteiger partial charge in [0.05, 0.1) is 5.69 Å². The Hall–Kier alpha value is -1.56. The van der Waals surface area contributed by atoms with Gasteiger partial charge in [-0.25, -0.2) is 0 Å². The molecule has 0 fully saturated rings. The van der Waals surface area contributed by atoms with Crippen LogP contribution in [0.1, 0.15) is 29.9 Å². The van der Waals surface area contributed by atoms with Gasteiger partial charge in [0.25, 0.3) is 5.91 Å². The maximum absolute atomic E-state index is 11.3. The molecule has 0 aliphatic carbocycles. The van der Waals surface area contributed by atoms with Crippen molar-refractivity contribution in [1.29, 1.82) is 0 Å². The highest BCUT2D eigenvalue weighted by atomic mass is 16.1. The summed E-state index contributed by atoms with van der Waals surface area (Å²) < 4.78 is 1.60. The number of nitrogens with two attached hydrogens (primary N) is 2. The van der Waals surface area contributed by atoms with E-state index in [4.69, 9.17) is 11.5 Å². The largest absolute Gasteiger partial charge is 0.368 e. The molecule has 1 heterocycles. The molecular weight excluding hydrogens is 206 g/mol. The number of rotatable bonds is 4. The van der Waals surface area contributed by atoms with Crippen LogP contribution in [0.4, 0.5) is 5.82 Å². The normalized spacial score (nSPS) is 11.6. The van der Waals surface area contributed by atoms with Crippen molar-refractivity contribution in [3.05, 3.63) is 11.3 Å². The van der Waals surface area contributed by atoms with Crippen LogP contribution in [0.2, 0.25) is 0 Å². The Morgan fingerprint density at radius 2 is 2.12 bits per heavy atom. The number of amides is 1. The molecule has 0 aliphatic rings. The van der Waals surface area contributed by atoms with Crippen LogP contribution in [0.15, 0.2) is 0 Å². The lowest BCUT2D eigenvalue weighted by atomic mass is 10.1. The van der Waals surface area contributed by atoms with Gasteiger partial charge in [-0.3, -0.25) is 9.48 Å². The fourth-order valence-electron chi connectivity index (χ4n) is 1.47. The summed E-state index contributed by atoms with van der Waals surface area (Å²) in [5.41, 5.74) is 11.8. The zero-order valence-electron chi connectivity index (χ0n) is 10.2. The number of primary amides is 1. The Morgan fingerprint density at radius 1 is 1.56 bits per heavy atom. The van der Waals surface area contributed by atoms with Gasteiger partial charge in [-0.15, -0.1) is 0 Å². The Balaban J connectivity index is 2.99. The van der Waals surface area contributed by atoms with Gasteiger partial charge in [0.15, 0.2) is 0 Å². The van der Waals surface area contributed by atoms with E-state index in [-0.39, 0.29) is 5.54 Å². The first-order valence-electron chi connectivity index (χ1n) is 5.08. The zero-order valence-corrected chi connectivity index (χ0v) is 10.2. The highest BCUT2D eigenvalue weighted by Crippen LogP contribution is 2.18. The first-order valence-corrected chi connectivity index (χ1v) is 5.08. The maximum atomic E-state index is 11.3. The average molecular weight is 225 g/mol. The summed E-state index contributed by atoms with van der Waals surface area (Å²) in [5, 5.41) is 7.24. The fraction of sp³-hybridized carbons (Fsp3) is 0.600. The number of carbonyl (C=O) groups excluding carboxylic acids is 1. The van der Waals surface area contributed by atoms with Crippen LogP contribution in [-0.4, -0.2) is 27.8 Å². The number of anilines is 1. The van der Waals surface area contributed by atoms with Gasteiger partial charge in [0.2, 0.25) is 0 Å². The molecule has 0 aromatic carbocycles. The fourth-order valence-corrected chi connectivity index (χ4v) is 1.47. The molecule has 16 heavy (non-hydrogen) atoms. The second kappa shape index (κ2) is 4.13. The molecule has 6 nitrogen and oxygen atoms in total. The Morgan fingerprint density at radius 3 is 2.56 bits per heavy atom. The van der Waals surface area contributed by atoms with Gasteiger partial charge in [0.1, 0.15) is 11.4 Å². The molecule has 5 N–H and O–H groups in total. The molecule has 0 spiro atoms. The summed E-state index contributed by atoms with van der Waals surface area (Å²) in [4.78, 5) is 11.3. The number of aromatic nitrogens is 2. The second-order valence-corrected chi connectivity index (χ2v) is 4.64. The van der Waals surface area contributed by atoms with Crippen molar-refractivity contribution < 1.29 is 4.79 Å². The van der Waals surface area contributed by atoms with Crippen molar-refractivity contribution in [1.82, 2.24) is 9.78 Å². The summed E-state index contributed by atoms with van der Waals surface area (Å²) in [6.45, 7) is 6.07. The first-order chi connectivity index (χ1) is 7.22. The lowest BCUT2D eigenvalue weighted by Crippen LogP contribution is -2.40. The Bertz CT molecular complexity index is 402. The molecule has 1 aromatic rings. The van der Waals surface area contributed by atoms with E-state index < -0.39 is 5.91 Å². The number of hydrogen-bond acceptors (Lipinski definition) is 4. The van der Waals surface area contributed by atoms with Gasteiger partial charge in [-0.05, 0) is 20.8 Å². The van der Waals surface area contributed by atoms with E-state index in [9.17, 15) is 4.79 Å². The van der Waals surface area contributed by atoms with Crippen molar-refractivity contribution in [2.75, 3.05) is 11.9 Å². The second-order valence-electron chi connectivity index (χ2n) is 4.64. The van der Waals surface area contributed by atoms with E-state index in [1.165, 1.54) is 0 Å². The number of nitrogens with zero attached hydrogens (tertiary/aromatic N) is 2. The van der Waals surface area contributed by atoms with Crippen molar-refractivity contribution in [3.8, 4) is 0 Å². The highest BCUT2D eigenvalue weighted by Gasteiger charge is 2.19. The first kappa shape index (κ1) is 12.5. The predicted molar refractivity (Wildman–Crippen MR) is 63.2 cm³/mol. The molecule has 1 aromatic heterocycles. The summed E-state index contributed by atoms with van der Waals surface area (Å²) in [7, 11) is 1.76. The van der Waals surface area contributed by atoms with E-state index in [0.29, 0.717) is 23.6 Å². The number of nitrogens with one attached hydrogen (secondary N) is 1. The lowest BCUT2D eigenvalue weighted by molar-refractivity contribution is 0.100. The van der Waals surface area contributed by atoms with Crippen LogP contribution in [0.25, 0.3) is 0 Å². The molecule has 0 unspecified atom stereocenters. The predicted octanol–water partition coefficient (Wildman–Crippen LogP) is -0.0234. The number of aryl methyl sites for hydroxylation is 2. The monoisotopic (exact) mass is 225 g/mol. The summed E-state index contributed by atoms with van der Waals surface area (Å²) in [6, 6.07) is 0. The van der Waals surface area contributed by atoms with Crippen LogP contribution < -0.4 is 16.8 Å². The SMILES string of the molecule is Cc1nn(C)c(NCC(C)(C)N)c1C(N)=O. The van der Waals surface area contributed by atoms with E-state index in [2.05, 4.69) is 10.4 Å². The highest BCUT2D eigenvalue weighted by molar-refractivity contribution is 5.98. The van der Waals surface area contributed by atoms with Gasteiger partial charge in [-0.2, -0.15) is 5.10 Å². The van der Waals surface area contributed by atoms with Crippen LogP contribution in [0.3, 0.4) is 0 Å². The van der Waals surface area contributed by atoms with E-state index in [0.717, 1.165) is 0 Å². The van der Waals surface area contributed by atoms with Crippen LogP contribution in [-0.2, 0) is 7.05 Å². The van der Waals surface area contributed by atoms with Crippen LogP contribution in [0, 0.1) is 6.92 Å². The van der Waals surface area contributed by atoms with Gasteiger partial charge in [-0.1, -0.05) is 0 Å². The topological polar surface area (TPSA) is 99.0 Å². The molecule has 0 aliphatic heterocycles. The quantitative estimate of drug-likeness (QED) is 0.670. The molecule has 0 saturated heterocycles. The van der Waals surface area contributed by atoms with Crippen LogP contribution >= 0.6 is 0 Å². The molecule has 0 bridgehead atoms. The molecule has 6 heteroatoms.